The van der Waals surface area contributed by atoms with Gasteiger partial charge in [0.15, 0.2) is 5.96 Å². The zero-order valence-electron chi connectivity index (χ0n) is 13.3. The highest BCUT2D eigenvalue weighted by Crippen LogP contribution is 2.17. The quantitative estimate of drug-likeness (QED) is 0.403. The summed E-state index contributed by atoms with van der Waals surface area (Å²) in [4.78, 5) is 6.73. The Balaban J connectivity index is 1.52. The molecule has 0 aliphatic carbocycles. The summed E-state index contributed by atoms with van der Waals surface area (Å²) in [5.74, 6) is 1.31. The van der Waals surface area contributed by atoms with E-state index in [1.54, 1.807) is 0 Å². The molecule has 1 aliphatic heterocycles. The molecule has 23 heavy (non-hydrogen) atoms. The zero-order valence-corrected chi connectivity index (χ0v) is 14.9. The first kappa shape index (κ1) is 18.0. The van der Waals surface area contributed by atoms with Gasteiger partial charge in [0, 0.05) is 30.7 Å². The number of hydrogen-bond donors (Lipinski definition) is 2. The minimum absolute atomic E-state index is 0.477. The first-order valence-corrected chi connectivity index (χ1v) is 8.75. The molecule has 3 N–H and O–H groups in total. The van der Waals surface area contributed by atoms with Crippen LogP contribution in [0.1, 0.15) is 6.42 Å². The summed E-state index contributed by atoms with van der Waals surface area (Å²) in [6.45, 7) is 6.67. The molecule has 2 rings (SSSR count). The van der Waals surface area contributed by atoms with Crippen molar-refractivity contribution in [2.75, 3.05) is 52.5 Å². The Kier molecular flexibility index (Phi) is 8.20. The van der Waals surface area contributed by atoms with Gasteiger partial charge in [-0.05, 0) is 24.6 Å². The summed E-state index contributed by atoms with van der Waals surface area (Å²) < 4.78 is 11.9. The second-order valence-corrected chi connectivity index (χ2v) is 6.22. The Morgan fingerprint density at radius 3 is 3.00 bits per heavy atom. The van der Waals surface area contributed by atoms with Crippen LogP contribution < -0.4 is 15.8 Å². The second kappa shape index (κ2) is 10.5. The summed E-state index contributed by atoms with van der Waals surface area (Å²) >= 11 is 3.41. The Labute approximate surface area is 146 Å². The Morgan fingerprint density at radius 2 is 2.22 bits per heavy atom. The van der Waals surface area contributed by atoms with Gasteiger partial charge in [0.2, 0.25) is 0 Å². The van der Waals surface area contributed by atoms with Crippen molar-refractivity contribution in [1.82, 2.24) is 10.2 Å². The number of ether oxygens (including phenoxy) is 2. The van der Waals surface area contributed by atoms with Crippen LogP contribution in [0, 0.1) is 0 Å². The van der Waals surface area contributed by atoms with Crippen LogP contribution in [0.25, 0.3) is 0 Å². The third-order valence-electron chi connectivity index (χ3n) is 3.49. The second-order valence-electron chi connectivity index (χ2n) is 5.31. The van der Waals surface area contributed by atoms with Gasteiger partial charge < -0.3 is 20.5 Å². The Hall–Kier alpha value is -1.31. The minimum atomic E-state index is 0.477. The maximum Gasteiger partial charge on any atom is 0.188 e. The number of nitrogens with two attached hydrogens (primary N) is 1. The molecule has 1 aromatic rings. The Bertz CT molecular complexity index is 493. The van der Waals surface area contributed by atoms with Crippen LogP contribution >= 0.6 is 15.9 Å². The molecule has 1 fully saturated rings. The van der Waals surface area contributed by atoms with E-state index in [1.165, 1.54) is 0 Å². The molecule has 0 bridgehead atoms. The first-order valence-electron chi connectivity index (χ1n) is 7.96. The number of halogens is 1. The molecular weight excluding hydrogens is 360 g/mol. The zero-order chi connectivity index (χ0) is 16.3. The summed E-state index contributed by atoms with van der Waals surface area (Å²) in [6.07, 6.45) is 1.01. The normalized spacial score (nSPS) is 16.3. The van der Waals surface area contributed by atoms with Crippen molar-refractivity contribution < 1.29 is 9.47 Å². The number of hydrogen-bond acceptors (Lipinski definition) is 4. The van der Waals surface area contributed by atoms with Crippen LogP contribution in [0.15, 0.2) is 33.7 Å². The highest BCUT2D eigenvalue weighted by Gasteiger charge is 2.08. The molecule has 6 nitrogen and oxygen atoms in total. The van der Waals surface area contributed by atoms with E-state index in [0.29, 0.717) is 19.1 Å². The number of morpholine rings is 1. The molecule has 1 heterocycles. The lowest BCUT2D eigenvalue weighted by Gasteiger charge is -2.26. The van der Waals surface area contributed by atoms with Crippen LogP contribution in [0.5, 0.6) is 5.75 Å². The van der Waals surface area contributed by atoms with Gasteiger partial charge in [-0.15, -0.1) is 0 Å². The van der Waals surface area contributed by atoms with Gasteiger partial charge in [-0.3, -0.25) is 9.89 Å². The molecule has 1 aliphatic rings. The molecule has 0 saturated carbocycles. The molecule has 0 aromatic heterocycles. The average molecular weight is 385 g/mol. The Morgan fingerprint density at radius 1 is 1.39 bits per heavy atom. The predicted molar refractivity (Wildman–Crippen MR) is 96.0 cm³/mol. The summed E-state index contributed by atoms with van der Waals surface area (Å²) in [6, 6.07) is 7.76. The van der Waals surface area contributed by atoms with Crippen molar-refractivity contribution in [3.05, 3.63) is 28.7 Å². The molecule has 128 valence electrons. The molecule has 0 atom stereocenters. The van der Waals surface area contributed by atoms with E-state index in [4.69, 9.17) is 15.2 Å². The van der Waals surface area contributed by atoms with Crippen LogP contribution in [-0.4, -0.2) is 63.4 Å². The van der Waals surface area contributed by atoms with Gasteiger partial charge >= 0.3 is 0 Å². The maximum atomic E-state index is 5.84. The topological polar surface area (TPSA) is 72.1 Å². The molecule has 1 aromatic carbocycles. The average Bonchev–Trinajstić information content (AvgIpc) is 2.57. The van der Waals surface area contributed by atoms with E-state index < -0.39 is 0 Å². The summed E-state index contributed by atoms with van der Waals surface area (Å²) in [5, 5.41) is 3.06. The fraction of sp³-hybridized carbons (Fsp3) is 0.562. The molecule has 0 amide bonds. The largest absolute Gasteiger partial charge is 0.492 e. The lowest BCUT2D eigenvalue weighted by Crippen LogP contribution is -2.37. The van der Waals surface area contributed by atoms with Crippen molar-refractivity contribution >= 4 is 21.9 Å². The first-order chi connectivity index (χ1) is 11.2. The fourth-order valence-corrected chi connectivity index (χ4v) is 2.66. The lowest BCUT2D eigenvalue weighted by molar-refractivity contribution is 0.0377. The standard InChI is InChI=1S/C16H25BrN4O2/c17-14-3-1-4-15(13-14)23-10-6-20-16(18)19-5-2-7-21-8-11-22-12-9-21/h1,3-4,13H,2,5-12H2,(H3,18,19,20). The van der Waals surface area contributed by atoms with E-state index in [2.05, 4.69) is 31.1 Å². The van der Waals surface area contributed by atoms with Crippen molar-refractivity contribution in [3.63, 3.8) is 0 Å². The molecule has 0 unspecified atom stereocenters. The van der Waals surface area contributed by atoms with E-state index in [1.807, 2.05) is 24.3 Å². The molecule has 1 saturated heterocycles. The molecule has 0 spiro atoms. The third kappa shape index (κ3) is 7.67. The lowest BCUT2D eigenvalue weighted by atomic mass is 10.3. The third-order valence-corrected chi connectivity index (χ3v) is 3.98. The van der Waals surface area contributed by atoms with Crippen molar-refractivity contribution in [2.45, 2.75) is 6.42 Å². The highest BCUT2D eigenvalue weighted by atomic mass is 79.9. The van der Waals surface area contributed by atoms with Crippen molar-refractivity contribution in [2.24, 2.45) is 10.7 Å². The predicted octanol–water partition coefficient (Wildman–Crippen LogP) is 1.45. The highest BCUT2D eigenvalue weighted by molar-refractivity contribution is 9.10. The van der Waals surface area contributed by atoms with Crippen LogP contribution in [0.3, 0.4) is 0 Å². The molecule has 7 heteroatoms. The van der Waals surface area contributed by atoms with Crippen LogP contribution in [-0.2, 0) is 4.74 Å². The molecule has 0 radical (unpaired) electrons. The summed E-state index contributed by atoms with van der Waals surface area (Å²) in [5.41, 5.74) is 5.84. The van der Waals surface area contributed by atoms with E-state index >= 15 is 0 Å². The number of benzene rings is 1. The van der Waals surface area contributed by atoms with E-state index in [9.17, 15) is 0 Å². The monoisotopic (exact) mass is 384 g/mol. The number of rotatable bonds is 8. The van der Waals surface area contributed by atoms with Crippen molar-refractivity contribution in [1.29, 1.82) is 0 Å². The van der Waals surface area contributed by atoms with Gasteiger partial charge in [-0.1, -0.05) is 22.0 Å². The van der Waals surface area contributed by atoms with Gasteiger partial charge in [0.1, 0.15) is 12.4 Å². The summed E-state index contributed by atoms with van der Waals surface area (Å²) in [7, 11) is 0. The van der Waals surface area contributed by atoms with Gasteiger partial charge in [0.25, 0.3) is 0 Å². The number of guanidine groups is 1. The van der Waals surface area contributed by atoms with Gasteiger partial charge in [-0.2, -0.15) is 0 Å². The minimum Gasteiger partial charge on any atom is -0.492 e. The van der Waals surface area contributed by atoms with Crippen LogP contribution in [0.4, 0.5) is 0 Å². The SMILES string of the molecule is NC(=NCCCN1CCOCC1)NCCOc1cccc(Br)c1. The number of aliphatic imine (C=N–C) groups is 1. The van der Waals surface area contributed by atoms with Crippen LogP contribution in [0.2, 0.25) is 0 Å². The number of nitrogens with zero attached hydrogens (tertiary/aromatic N) is 2. The smallest absolute Gasteiger partial charge is 0.188 e. The van der Waals surface area contributed by atoms with Gasteiger partial charge in [-0.25, -0.2) is 0 Å². The van der Waals surface area contributed by atoms with Gasteiger partial charge in [0.05, 0.1) is 19.8 Å². The van der Waals surface area contributed by atoms with E-state index in [0.717, 1.165) is 56.0 Å². The number of nitrogens with one attached hydrogen (secondary N) is 1. The van der Waals surface area contributed by atoms with E-state index in [-0.39, 0.29) is 0 Å². The molecular formula is C16H25BrN4O2. The van der Waals surface area contributed by atoms with Crippen molar-refractivity contribution in [3.8, 4) is 5.75 Å². The fourth-order valence-electron chi connectivity index (χ4n) is 2.28. The maximum absolute atomic E-state index is 5.84.